The molecule has 0 fully saturated rings. The summed E-state index contributed by atoms with van der Waals surface area (Å²) in [7, 11) is -3.59. The van der Waals surface area contributed by atoms with Crippen LogP contribution in [0.5, 0.6) is 0 Å². The Morgan fingerprint density at radius 1 is 1.39 bits per heavy atom. The number of aromatic nitrogens is 1. The van der Waals surface area contributed by atoms with E-state index in [2.05, 4.69) is 9.71 Å². The summed E-state index contributed by atoms with van der Waals surface area (Å²) < 4.78 is 31.3. The first-order chi connectivity index (χ1) is 8.47. The maximum Gasteiger partial charge on any atom is 0.250 e. The summed E-state index contributed by atoms with van der Waals surface area (Å²) in [6.07, 6.45) is 2.08. The number of aromatic amines is 1. The zero-order valence-electron chi connectivity index (χ0n) is 10.5. The molecule has 1 aromatic rings. The van der Waals surface area contributed by atoms with Crippen molar-refractivity contribution in [2.45, 2.75) is 25.2 Å². The lowest BCUT2D eigenvalue weighted by Gasteiger charge is -2.07. The maximum absolute atomic E-state index is 11.8. The highest BCUT2D eigenvalue weighted by atomic mass is 32.2. The van der Waals surface area contributed by atoms with Crippen LogP contribution >= 0.6 is 0 Å². The molecule has 0 unspecified atom stereocenters. The van der Waals surface area contributed by atoms with Crippen LogP contribution in [0.3, 0.4) is 0 Å². The van der Waals surface area contributed by atoms with Gasteiger partial charge in [-0.15, -0.1) is 0 Å². The van der Waals surface area contributed by atoms with Crippen molar-refractivity contribution in [3.05, 3.63) is 28.2 Å². The lowest BCUT2D eigenvalue weighted by Crippen LogP contribution is -2.28. The quantitative estimate of drug-likeness (QED) is 0.704. The van der Waals surface area contributed by atoms with Crippen LogP contribution in [-0.2, 0) is 14.8 Å². The smallest absolute Gasteiger partial charge is 0.250 e. The van der Waals surface area contributed by atoms with E-state index >= 15 is 0 Å². The van der Waals surface area contributed by atoms with E-state index in [0.29, 0.717) is 18.8 Å². The molecule has 6 nitrogen and oxygen atoms in total. The molecule has 1 aromatic heterocycles. The van der Waals surface area contributed by atoms with Gasteiger partial charge in [0.05, 0.1) is 11.5 Å². The first-order valence-electron chi connectivity index (χ1n) is 5.74. The van der Waals surface area contributed by atoms with Gasteiger partial charge >= 0.3 is 0 Å². The molecule has 0 amide bonds. The van der Waals surface area contributed by atoms with Crippen LogP contribution in [0.1, 0.15) is 18.9 Å². The number of pyridine rings is 1. The molecule has 0 aromatic carbocycles. The highest BCUT2D eigenvalue weighted by Crippen LogP contribution is 2.05. The summed E-state index contributed by atoms with van der Waals surface area (Å²) in [5.41, 5.74) is 0.0698. The van der Waals surface area contributed by atoms with Gasteiger partial charge in [0.25, 0.3) is 5.56 Å². The van der Waals surface area contributed by atoms with Crippen molar-refractivity contribution in [1.82, 2.24) is 9.71 Å². The third-order valence-corrected chi connectivity index (χ3v) is 3.70. The molecule has 0 saturated heterocycles. The Balaban J connectivity index is 2.63. The largest absolute Gasteiger partial charge is 0.380 e. The number of rotatable bonds is 7. The Hall–Kier alpha value is -1.18. The summed E-state index contributed by atoms with van der Waals surface area (Å²) >= 11 is 0. The molecule has 18 heavy (non-hydrogen) atoms. The van der Waals surface area contributed by atoms with Crippen molar-refractivity contribution < 1.29 is 13.2 Å². The second-order valence-corrected chi connectivity index (χ2v) is 5.62. The van der Waals surface area contributed by atoms with Gasteiger partial charge in [0.1, 0.15) is 0 Å². The molecular formula is C11H18N2O4S. The number of ether oxygens (including phenoxy) is 1. The van der Waals surface area contributed by atoms with Crippen molar-refractivity contribution in [3.8, 4) is 0 Å². The summed E-state index contributed by atoms with van der Waals surface area (Å²) in [5, 5.41) is 0. The Labute approximate surface area is 106 Å². The minimum Gasteiger partial charge on any atom is -0.380 e. The van der Waals surface area contributed by atoms with Crippen molar-refractivity contribution in [1.29, 1.82) is 0 Å². The van der Waals surface area contributed by atoms with E-state index < -0.39 is 10.0 Å². The van der Waals surface area contributed by atoms with E-state index in [1.165, 1.54) is 12.3 Å². The first-order valence-corrected chi connectivity index (χ1v) is 7.22. The van der Waals surface area contributed by atoms with Crippen molar-refractivity contribution in [2.24, 2.45) is 0 Å². The van der Waals surface area contributed by atoms with Gasteiger partial charge in [0.15, 0.2) is 0 Å². The summed E-state index contributed by atoms with van der Waals surface area (Å²) in [6, 6.07) is 1.34. The fourth-order valence-corrected chi connectivity index (χ4v) is 2.37. The number of aryl methyl sites for hydroxylation is 1. The highest BCUT2D eigenvalue weighted by molar-refractivity contribution is 7.89. The summed E-state index contributed by atoms with van der Waals surface area (Å²) in [4.78, 5) is 13.6. The van der Waals surface area contributed by atoms with E-state index in [0.717, 1.165) is 6.42 Å². The van der Waals surface area contributed by atoms with E-state index in [1.54, 1.807) is 6.92 Å². The van der Waals surface area contributed by atoms with Gasteiger partial charge in [0, 0.05) is 24.9 Å². The van der Waals surface area contributed by atoms with Gasteiger partial charge in [-0.2, -0.15) is 0 Å². The van der Waals surface area contributed by atoms with E-state index in [4.69, 9.17) is 4.74 Å². The van der Waals surface area contributed by atoms with Gasteiger partial charge in [-0.1, -0.05) is 6.92 Å². The molecule has 102 valence electrons. The normalized spacial score (nSPS) is 11.7. The molecule has 1 rings (SSSR count). The zero-order chi connectivity index (χ0) is 13.6. The Morgan fingerprint density at radius 3 is 2.72 bits per heavy atom. The third-order valence-electron chi connectivity index (χ3n) is 2.26. The molecule has 1 heterocycles. The van der Waals surface area contributed by atoms with Crippen molar-refractivity contribution in [2.75, 3.05) is 19.8 Å². The van der Waals surface area contributed by atoms with Crippen LogP contribution in [0, 0.1) is 6.92 Å². The predicted molar refractivity (Wildman–Crippen MR) is 68.1 cm³/mol. The third kappa shape index (κ3) is 4.25. The molecule has 2 N–H and O–H groups in total. The molecule has 7 heteroatoms. The number of nitrogens with one attached hydrogen (secondary N) is 2. The fourth-order valence-electron chi connectivity index (χ4n) is 1.30. The van der Waals surface area contributed by atoms with Gasteiger partial charge < -0.3 is 9.72 Å². The SMILES string of the molecule is CCCOCCNS(=O)(=O)c1c[nH]c(=O)c(C)c1. The van der Waals surface area contributed by atoms with Gasteiger partial charge in [-0.05, 0) is 19.4 Å². The summed E-state index contributed by atoms with van der Waals surface area (Å²) in [5.74, 6) is 0. The average molecular weight is 274 g/mol. The number of hydrogen-bond acceptors (Lipinski definition) is 4. The molecule has 0 spiro atoms. The molecule has 0 aliphatic rings. The van der Waals surface area contributed by atoms with Gasteiger partial charge in [-0.3, -0.25) is 4.79 Å². The zero-order valence-corrected chi connectivity index (χ0v) is 11.3. The van der Waals surface area contributed by atoms with E-state index in [1.807, 2.05) is 6.92 Å². The number of hydrogen-bond donors (Lipinski definition) is 2. The van der Waals surface area contributed by atoms with Crippen molar-refractivity contribution >= 4 is 10.0 Å². The Kier molecular flexibility index (Phi) is 5.52. The van der Waals surface area contributed by atoms with Crippen LogP contribution in [0.2, 0.25) is 0 Å². The van der Waals surface area contributed by atoms with Crippen LogP contribution in [0.15, 0.2) is 22.0 Å². The lowest BCUT2D eigenvalue weighted by atomic mass is 10.3. The molecule has 0 aliphatic heterocycles. The van der Waals surface area contributed by atoms with Gasteiger partial charge in [-0.25, -0.2) is 13.1 Å². The second-order valence-electron chi connectivity index (χ2n) is 3.86. The molecule has 0 saturated carbocycles. The Bertz CT molecular complexity index is 536. The molecule has 0 aliphatic carbocycles. The molecule has 0 radical (unpaired) electrons. The van der Waals surface area contributed by atoms with Crippen LogP contribution < -0.4 is 10.3 Å². The standard InChI is InChI=1S/C11H18N2O4S/c1-3-5-17-6-4-13-18(15,16)10-7-9(2)11(14)12-8-10/h7-8,13H,3-6H2,1-2H3,(H,12,14). The average Bonchev–Trinajstić information content (AvgIpc) is 2.32. The topological polar surface area (TPSA) is 88.3 Å². The number of H-pyrrole nitrogens is 1. The summed E-state index contributed by atoms with van der Waals surface area (Å²) in [6.45, 7) is 4.69. The van der Waals surface area contributed by atoms with Gasteiger partial charge in [0.2, 0.25) is 10.0 Å². The van der Waals surface area contributed by atoms with Crippen LogP contribution in [0.25, 0.3) is 0 Å². The van der Waals surface area contributed by atoms with E-state index in [-0.39, 0.29) is 17.0 Å². The van der Waals surface area contributed by atoms with E-state index in [9.17, 15) is 13.2 Å². The minimum atomic E-state index is -3.59. The monoisotopic (exact) mass is 274 g/mol. The number of sulfonamides is 1. The maximum atomic E-state index is 11.8. The minimum absolute atomic E-state index is 0.0510. The lowest BCUT2D eigenvalue weighted by molar-refractivity contribution is 0.140. The fraction of sp³-hybridized carbons (Fsp3) is 0.545. The first kappa shape index (κ1) is 14.9. The second kappa shape index (κ2) is 6.67. The predicted octanol–water partition coefficient (Wildman–Crippen LogP) is 0.388. The van der Waals surface area contributed by atoms with Crippen LogP contribution in [-0.4, -0.2) is 33.2 Å². The molecular weight excluding hydrogens is 256 g/mol. The van der Waals surface area contributed by atoms with Crippen LogP contribution in [0.4, 0.5) is 0 Å². The highest BCUT2D eigenvalue weighted by Gasteiger charge is 2.14. The Morgan fingerprint density at radius 2 is 2.11 bits per heavy atom. The molecule has 0 bridgehead atoms. The molecule has 0 atom stereocenters. The van der Waals surface area contributed by atoms with Crippen molar-refractivity contribution in [3.63, 3.8) is 0 Å².